The predicted molar refractivity (Wildman–Crippen MR) is 57.3 cm³/mol. The molecule has 0 aromatic heterocycles. The number of likely N-dealkylation sites (N-methyl/N-ethyl adjacent to an activating group) is 1. The Morgan fingerprint density at radius 2 is 2.21 bits per heavy atom. The molecule has 0 aliphatic heterocycles. The molecule has 3 nitrogen and oxygen atoms in total. The van der Waals surface area contributed by atoms with E-state index >= 15 is 0 Å². The van der Waals surface area contributed by atoms with Gasteiger partial charge in [-0.15, -0.1) is 0 Å². The van der Waals surface area contributed by atoms with Gasteiger partial charge in [0.1, 0.15) is 0 Å². The fourth-order valence-corrected chi connectivity index (χ4v) is 2.16. The van der Waals surface area contributed by atoms with Gasteiger partial charge in [0, 0.05) is 20.2 Å². The quantitative estimate of drug-likeness (QED) is 0.699. The van der Waals surface area contributed by atoms with E-state index in [2.05, 4.69) is 11.8 Å². The second-order valence-corrected chi connectivity index (χ2v) is 4.14. The van der Waals surface area contributed by atoms with E-state index in [4.69, 9.17) is 4.74 Å². The molecule has 1 aliphatic carbocycles. The van der Waals surface area contributed by atoms with Crippen molar-refractivity contribution in [3.8, 4) is 0 Å². The van der Waals surface area contributed by atoms with Crippen LogP contribution >= 0.6 is 0 Å². The maximum Gasteiger partial charge on any atom is 0.0589 e. The van der Waals surface area contributed by atoms with Gasteiger partial charge in [-0.05, 0) is 25.3 Å². The number of ether oxygens (including phenoxy) is 1. The molecule has 0 aromatic rings. The van der Waals surface area contributed by atoms with E-state index in [0.717, 1.165) is 32.7 Å². The predicted octanol–water partition coefficient (Wildman–Crippen LogP) is 1.12. The third-order valence-electron chi connectivity index (χ3n) is 3.17. The number of hydrogen-bond donors (Lipinski definition) is 1. The van der Waals surface area contributed by atoms with Crippen molar-refractivity contribution in [2.75, 3.05) is 33.4 Å². The first-order valence-electron chi connectivity index (χ1n) is 5.67. The molecule has 2 atom stereocenters. The summed E-state index contributed by atoms with van der Waals surface area (Å²) in [6, 6.07) is 0. The first kappa shape index (κ1) is 12.0. The third-order valence-corrected chi connectivity index (χ3v) is 3.17. The molecule has 14 heavy (non-hydrogen) atoms. The van der Waals surface area contributed by atoms with Gasteiger partial charge in [-0.3, -0.25) is 0 Å². The Hall–Kier alpha value is -0.120. The number of rotatable bonds is 6. The second kappa shape index (κ2) is 6.38. The van der Waals surface area contributed by atoms with Crippen LogP contribution in [-0.4, -0.2) is 49.5 Å². The average Bonchev–Trinajstić information content (AvgIpc) is 2.59. The summed E-state index contributed by atoms with van der Waals surface area (Å²) < 4.78 is 5.06. The van der Waals surface area contributed by atoms with Gasteiger partial charge in [-0.25, -0.2) is 0 Å². The summed E-state index contributed by atoms with van der Waals surface area (Å²) in [6.07, 6.45) is 3.30. The van der Waals surface area contributed by atoms with Crippen LogP contribution in [0.1, 0.15) is 26.2 Å². The summed E-state index contributed by atoms with van der Waals surface area (Å²) >= 11 is 0. The van der Waals surface area contributed by atoms with Crippen molar-refractivity contribution < 1.29 is 9.84 Å². The summed E-state index contributed by atoms with van der Waals surface area (Å²) in [4.78, 5) is 2.36. The maximum atomic E-state index is 9.70. The molecular weight excluding hydrogens is 178 g/mol. The smallest absolute Gasteiger partial charge is 0.0589 e. The number of aliphatic hydroxyl groups is 1. The average molecular weight is 201 g/mol. The minimum Gasteiger partial charge on any atom is -0.393 e. The Bertz CT molecular complexity index is 152. The van der Waals surface area contributed by atoms with Crippen LogP contribution in [0.2, 0.25) is 0 Å². The van der Waals surface area contributed by atoms with E-state index in [1.165, 1.54) is 12.8 Å². The Labute approximate surface area is 87.1 Å². The van der Waals surface area contributed by atoms with Crippen molar-refractivity contribution in [3.63, 3.8) is 0 Å². The molecule has 1 fully saturated rings. The normalized spacial score (nSPS) is 27.4. The molecule has 2 unspecified atom stereocenters. The highest BCUT2D eigenvalue weighted by Gasteiger charge is 2.26. The number of methoxy groups -OCH3 is 1. The summed E-state index contributed by atoms with van der Waals surface area (Å²) in [7, 11) is 1.73. The molecule has 0 heterocycles. The molecule has 1 rings (SSSR count). The largest absolute Gasteiger partial charge is 0.393 e. The molecule has 0 saturated heterocycles. The van der Waals surface area contributed by atoms with Crippen LogP contribution < -0.4 is 0 Å². The van der Waals surface area contributed by atoms with Crippen molar-refractivity contribution in [3.05, 3.63) is 0 Å². The van der Waals surface area contributed by atoms with Crippen LogP contribution in [0.15, 0.2) is 0 Å². The fraction of sp³-hybridized carbons (Fsp3) is 1.00. The maximum absolute atomic E-state index is 9.70. The highest BCUT2D eigenvalue weighted by molar-refractivity contribution is 4.79. The number of aliphatic hydroxyl groups excluding tert-OH is 1. The zero-order chi connectivity index (χ0) is 10.4. The number of nitrogens with zero attached hydrogens (tertiary/aromatic N) is 1. The van der Waals surface area contributed by atoms with Crippen molar-refractivity contribution in [2.45, 2.75) is 32.3 Å². The van der Waals surface area contributed by atoms with Crippen LogP contribution in [0, 0.1) is 5.92 Å². The molecule has 0 spiro atoms. The molecule has 0 aromatic carbocycles. The molecule has 0 radical (unpaired) electrons. The van der Waals surface area contributed by atoms with Crippen molar-refractivity contribution in [1.29, 1.82) is 0 Å². The SMILES string of the molecule is CCN(CCOC)CC1CCCC1O. The van der Waals surface area contributed by atoms with Crippen molar-refractivity contribution in [2.24, 2.45) is 5.92 Å². The minimum absolute atomic E-state index is 0.0633. The molecule has 0 amide bonds. The summed E-state index contributed by atoms with van der Waals surface area (Å²) in [6.45, 7) is 6.01. The summed E-state index contributed by atoms with van der Waals surface area (Å²) in [5.74, 6) is 0.492. The standard InChI is InChI=1S/C11H23NO2/c1-3-12(7-8-14-2)9-10-5-4-6-11(10)13/h10-11,13H,3-9H2,1-2H3. The molecule has 84 valence electrons. The molecular formula is C11H23NO2. The van der Waals surface area contributed by atoms with Gasteiger partial charge in [0.2, 0.25) is 0 Å². The highest BCUT2D eigenvalue weighted by Crippen LogP contribution is 2.26. The Morgan fingerprint density at radius 3 is 2.71 bits per heavy atom. The van der Waals surface area contributed by atoms with Crippen molar-refractivity contribution in [1.82, 2.24) is 4.90 Å². The van der Waals surface area contributed by atoms with Crippen LogP contribution in [0.4, 0.5) is 0 Å². The van der Waals surface area contributed by atoms with Gasteiger partial charge >= 0.3 is 0 Å². The summed E-state index contributed by atoms with van der Waals surface area (Å²) in [5, 5.41) is 9.70. The van der Waals surface area contributed by atoms with Gasteiger partial charge in [0.05, 0.1) is 12.7 Å². The van der Waals surface area contributed by atoms with Gasteiger partial charge in [-0.2, -0.15) is 0 Å². The van der Waals surface area contributed by atoms with Crippen molar-refractivity contribution >= 4 is 0 Å². The Balaban J connectivity index is 2.24. The molecule has 1 aliphatic rings. The first-order valence-corrected chi connectivity index (χ1v) is 5.67. The lowest BCUT2D eigenvalue weighted by Crippen LogP contribution is -2.34. The van der Waals surface area contributed by atoms with Crippen LogP contribution in [0.5, 0.6) is 0 Å². The summed E-state index contributed by atoms with van der Waals surface area (Å²) in [5.41, 5.74) is 0. The van der Waals surface area contributed by atoms with E-state index in [1.54, 1.807) is 7.11 Å². The lowest BCUT2D eigenvalue weighted by Gasteiger charge is -2.25. The lowest BCUT2D eigenvalue weighted by molar-refractivity contribution is 0.0889. The van der Waals surface area contributed by atoms with Gasteiger partial charge < -0.3 is 14.7 Å². The van der Waals surface area contributed by atoms with E-state index in [9.17, 15) is 5.11 Å². The van der Waals surface area contributed by atoms with Gasteiger partial charge in [-0.1, -0.05) is 13.3 Å². The molecule has 3 heteroatoms. The highest BCUT2D eigenvalue weighted by atomic mass is 16.5. The molecule has 0 bridgehead atoms. The zero-order valence-corrected chi connectivity index (χ0v) is 9.41. The second-order valence-electron chi connectivity index (χ2n) is 4.14. The molecule has 1 saturated carbocycles. The van der Waals surface area contributed by atoms with Gasteiger partial charge in [0.15, 0.2) is 0 Å². The Morgan fingerprint density at radius 1 is 1.43 bits per heavy atom. The van der Waals surface area contributed by atoms with Crippen LogP contribution in [0.25, 0.3) is 0 Å². The van der Waals surface area contributed by atoms with E-state index in [0.29, 0.717) is 5.92 Å². The minimum atomic E-state index is -0.0633. The first-order chi connectivity index (χ1) is 6.77. The fourth-order valence-electron chi connectivity index (χ4n) is 2.16. The third kappa shape index (κ3) is 3.56. The van der Waals surface area contributed by atoms with E-state index in [-0.39, 0.29) is 6.10 Å². The topological polar surface area (TPSA) is 32.7 Å². The number of hydrogen-bond acceptors (Lipinski definition) is 3. The van der Waals surface area contributed by atoms with Crippen LogP contribution in [-0.2, 0) is 4.74 Å². The van der Waals surface area contributed by atoms with Crippen LogP contribution in [0.3, 0.4) is 0 Å². The molecule has 1 N–H and O–H groups in total. The lowest BCUT2D eigenvalue weighted by atomic mass is 10.1. The van der Waals surface area contributed by atoms with E-state index in [1.807, 2.05) is 0 Å². The zero-order valence-electron chi connectivity index (χ0n) is 9.41. The Kier molecular flexibility index (Phi) is 5.45. The monoisotopic (exact) mass is 201 g/mol. The van der Waals surface area contributed by atoms with Gasteiger partial charge in [0.25, 0.3) is 0 Å². The van der Waals surface area contributed by atoms with E-state index < -0.39 is 0 Å².